The van der Waals surface area contributed by atoms with Crippen LogP contribution in [0.2, 0.25) is 0 Å². The van der Waals surface area contributed by atoms with E-state index in [9.17, 15) is 14.7 Å². The van der Waals surface area contributed by atoms with Gasteiger partial charge in [0.1, 0.15) is 18.0 Å². The summed E-state index contributed by atoms with van der Waals surface area (Å²) in [6.45, 7) is 13.3. The van der Waals surface area contributed by atoms with Crippen molar-refractivity contribution in [1.82, 2.24) is 0 Å². The van der Waals surface area contributed by atoms with E-state index >= 15 is 0 Å². The van der Waals surface area contributed by atoms with Gasteiger partial charge in [0.2, 0.25) is 0 Å². The monoisotopic (exact) mass is 416 g/mol. The molecule has 0 radical (unpaired) electrons. The van der Waals surface area contributed by atoms with Gasteiger partial charge in [-0.15, -0.1) is 0 Å². The summed E-state index contributed by atoms with van der Waals surface area (Å²) >= 11 is 0. The Morgan fingerprint density at radius 2 is 1.87 bits per heavy atom. The van der Waals surface area contributed by atoms with Crippen LogP contribution in [0.15, 0.2) is 23.3 Å². The topological polar surface area (TPSA) is 86.0 Å². The van der Waals surface area contributed by atoms with Crippen molar-refractivity contribution in [2.24, 2.45) is 22.7 Å². The highest BCUT2D eigenvalue weighted by molar-refractivity contribution is 5.72. The molecule has 0 unspecified atom stereocenters. The molecule has 0 spiro atoms. The molecule has 6 atom stereocenters. The molecule has 1 N–H and O–H groups in total. The van der Waals surface area contributed by atoms with Gasteiger partial charge in [-0.25, -0.2) is 0 Å². The minimum absolute atomic E-state index is 0.157. The van der Waals surface area contributed by atoms with Gasteiger partial charge in [-0.3, -0.25) is 9.59 Å². The third-order valence-electron chi connectivity index (χ3n) is 8.34. The molecule has 2 saturated carbocycles. The van der Waals surface area contributed by atoms with Gasteiger partial charge in [-0.2, -0.15) is 0 Å². The van der Waals surface area contributed by atoms with Crippen LogP contribution in [0.4, 0.5) is 0 Å². The number of fused-ring (bicyclic) bond motifs is 4. The van der Waals surface area contributed by atoms with Gasteiger partial charge in [0.15, 0.2) is 0 Å². The first kappa shape index (κ1) is 21.2. The number of carbonyl (C=O) groups excluding carboxylic acids is 2. The summed E-state index contributed by atoms with van der Waals surface area (Å²) in [4.78, 5) is 24.0. The van der Waals surface area contributed by atoms with Crippen LogP contribution in [0.25, 0.3) is 5.57 Å². The van der Waals surface area contributed by atoms with Crippen LogP contribution in [0.3, 0.4) is 0 Å². The zero-order chi connectivity index (χ0) is 22.1. The van der Waals surface area contributed by atoms with Crippen LogP contribution in [0.1, 0.15) is 65.2 Å². The molecule has 6 nitrogen and oxygen atoms in total. The van der Waals surface area contributed by atoms with Crippen molar-refractivity contribution in [2.45, 2.75) is 78.1 Å². The number of aliphatic hydroxyl groups is 1. The lowest BCUT2D eigenvalue weighted by Gasteiger charge is -2.68. The summed E-state index contributed by atoms with van der Waals surface area (Å²) in [5.74, 6) is -0.248. The highest BCUT2D eigenvalue weighted by Gasteiger charge is 2.71. The molecule has 164 valence electrons. The van der Waals surface area contributed by atoms with E-state index in [1.807, 2.05) is 13.0 Å². The van der Waals surface area contributed by atoms with Gasteiger partial charge in [-0.1, -0.05) is 27.4 Å². The van der Waals surface area contributed by atoms with E-state index in [-0.39, 0.29) is 30.2 Å². The maximum absolute atomic E-state index is 12.3. The second kappa shape index (κ2) is 6.71. The summed E-state index contributed by atoms with van der Waals surface area (Å²) in [5.41, 5.74) is -0.609. The van der Waals surface area contributed by atoms with Gasteiger partial charge in [-0.05, 0) is 35.8 Å². The van der Waals surface area contributed by atoms with Crippen molar-refractivity contribution < 1.29 is 28.6 Å². The maximum atomic E-state index is 12.3. The molecule has 0 aliphatic heterocycles. The number of ether oxygens (including phenoxy) is 2. The first-order valence-corrected chi connectivity index (χ1v) is 10.7. The standard InChI is InChI=1S/C24H32O6/c1-13-16-8-10-28-18(16)11-17-21(13)19(29-14(2)25)12-24(27)22(4,5)9-7-20(23(17,24)6)30-15(3)26/h8,10,17,19-21,27H,1,7,9,11-12H2,2-6H3/t17-,19-,20-,21-,23-,24+/m0/s1. The number of furan rings is 1. The van der Waals surface area contributed by atoms with Gasteiger partial charge in [0.05, 0.1) is 11.9 Å². The predicted molar refractivity (Wildman–Crippen MR) is 110 cm³/mol. The van der Waals surface area contributed by atoms with Crippen molar-refractivity contribution in [3.63, 3.8) is 0 Å². The van der Waals surface area contributed by atoms with Gasteiger partial charge in [0, 0.05) is 43.6 Å². The number of carbonyl (C=O) groups is 2. The Bertz CT molecular complexity index is 897. The van der Waals surface area contributed by atoms with E-state index < -0.39 is 28.6 Å². The molecule has 3 aliphatic rings. The Morgan fingerprint density at radius 3 is 2.50 bits per heavy atom. The van der Waals surface area contributed by atoms with Crippen molar-refractivity contribution in [3.05, 3.63) is 30.2 Å². The second-order valence-corrected chi connectivity index (χ2v) is 10.1. The molecule has 0 aromatic carbocycles. The third kappa shape index (κ3) is 2.72. The fourth-order valence-electron chi connectivity index (χ4n) is 6.77. The van der Waals surface area contributed by atoms with Gasteiger partial charge >= 0.3 is 11.9 Å². The Hall–Kier alpha value is -2.08. The van der Waals surface area contributed by atoms with E-state index in [2.05, 4.69) is 20.4 Å². The molecule has 3 aliphatic carbocycles. The Balaban J connectivity index is 1.91. The lowest BCUT2D eigenvalue weighted by molar-refractivity contribution is -0.290. The molecule has 4 rings (SSSR count). The summed E-state index contributed by atoms with van der Waals surface area (Å²) < 4.78 is 17.4. The van der Waals surface area contributed by atoms with Crippen LogP contribution >= 0.6 is 0 Å². The Morgan fingerprint density at radius 1 is 1.20 bits per heavy atom. The highest BCUT2D eigenvalue weighted by atomic mass is 16.6. The highest BCUT2D eigenvalue weighted by Crippen LogP contribution is 2.67. The quantitative estimate of drug-likeness (QED) is 0.736. The first-order chi connectivity index (χ1) is 13.9. The predicted octanol–water partition coefficient (Wildman–Crippen LogP) is 3.91. The van der Waals surface area contributed by atoms with E-state index in [0.717, 1.165) is 16.9 Å². The Kier molecular flexibility index (Phi) is 4.73. The van der Waals surface area contributed by atoms with Crippen LogP contribution in [-0.4, -0.2) is 34.9 Å². The average molecular weight is 417 g/mol. The van der Waals surface area contributed by atoms with E-state index in [0.29, 0.717) is 19.3 Å². The molecular weight excluding hydrogens is 384 g/mol. The number of rotatable bonds is 2. The van der Waals surface area contributed by atoms with Crippen molar-refractivity contribution in [3.8, 4) is 0 Å². The third-order valence-corrected chi connectivity index (χ3v) is 8.34. The second-order valence-electron chi connectivity index (χ2n) is 10.1. The van der Waals surface area contributed by atoms with Gasteiger partial charge < -0.3 is 19.0 Å². The molecule has 0 amide bonds. The fourth-order valence-corrected chi connectivity index (χ4v) is 6.77. The molecule has 0 bridgehead atoms. The first-order valence-electron chi connectivity index (χ1n) is 10.7. The SMILES string of the molecule is C=C1c2ccoc2C[C@H]2[C@H]1[C@@H](OC(C)=O)C[C@@]1(O)C(C)(C)CC[C@H](OC(C)=O)[C@]21C. The summed E-state index contributed by atoms with van der Waals surface area (Å²) in [5, 5.41) is 12.3. The maximum Gasteiger partial charge on any atom is 0.302 e. The van der Waals surface area contributed by atoms with Crippen molar-refractivity contribution in [1.29, 1.82) is 0 Å². The zero-order valence-electron chi connectivity index (χ0n) is 18.5. The minimum atomic E-state index is -1.20. The lowest BCUT2D eigenvalue weighted by atomic mass is 9.40. The molecule has 0 saturated heterocycles. The van der Waals surface area contributed by atoms with Crippen LogP contribution < -0.4 is 0 Å². The van der Waals surface area contributed by atoms with Crippen molar-refractivity contribution >= 4 is 17.5 Å². The Labute approximate surface area is 177 Å². The van der Waals surface area contributed by atoms with Crippen molar-refractivity contribution in [2.75, 3.05) is 0 Å². The molecule has 30 heavy (non-hydrogen) atoms. The zero-order valence-corrected chi connectivity index (χ0v) is 18.5. The average Bonchev–Trinajstić information content (AvgIpc) is 3.10. The van der Waals surface area contributed by atoms with E-state index in [1.165, 1.54) is 13.8 Å². The largest absolute Gasteiger partial charge is 0.469 e. The fraction of sp³-hybridized carbons (Fsp3) is 0.667. The molecule has 6 heteroatoms. The summed E-state index contributed by atoms with van der Waals surface area (Å²) in [6.07, 6.45) is 2.92. The number of hydrogen-bond donors (Lipinski definition) is 1. The summed E-state index contributed by atoms with van der Waals surface area (Å²) in [6, 6.07) is 1.90. The van der Waals surface area contributed by atoms with Crippen LogP contribution in [-0.2, 0) is 25.5 Å². The van der Waals surface area contributed by atoms with E-state index in [1.54, 1.807) is 6.26 Å². The smallest absolute Gasteiger partial charge is 0.302 e. The molecule has 1 aromatic rings. The lowest BCUT2D eigenvalue weighted by Crippen LogP contribution is -2.73. The molecule has 1 aromatic heterocycles. The van der Waals surface area contributed by atoms with Crippen LogP contribution in [0.5, 0.6) is 0 Å². The number of esters is 2. The number of hydrogen-bond acceptors (Lipinski definition) is 6. The molecule has 1 heterocycles. The van der Waals surface area contributed by atoms with Crippen LogP contribution in [0, 0.1) is 22.7 Å². The van der Waals surface area contributed by atoms with E-state index in [4.69, 9.17) is 13.9 Å². The minimum Gasteiger partial charge on any atom is -0.469 e. The normalized spacial score (nSPS) is 39.3. The molecular formula is C24H32O6. The molecule has 2 fully saturated rings. The van der Waals surface area contributed by atoms with Gasteiger partial charge in [0.25, 0.3) is 0 Å². The summed E-state index contributed by atoms with van der Waals surface area (Å²) in [7, 11) is 0.